The van der Waals surface area contributed by atoms with E-state index in [0.29, 0.717) is 13.1 Å². The molecule has 0 saturated carbocycles. The highest BCUT2D eigenvalue weighted by atomic mass is 16.2. The Labute approximate surface area is 162 Å². The number of carbonyl (C=O) groups excluding carboxylic acids is 2. The molecule has 148 valence electrons. The highest BCUT2D eigenvalue weighted by Crippen LogP contribution is 2.16. The molecule has 27 heavy (non-hydrogen) atoms. The van der Waals surface area contributed by atoms with Crippen molar-refractivity contribution in [1.29, 1.82) is 0 Å². The number of nitrogens with one attached hydrogen (secondary N) is 1. The average molecular weight is 373 g/mol. The first-order chi connectivity index (χ1) is 13.0. The lowest BCUT2D eigenvalue weighted by atomic mass is 10.1. The highest BCUT2D eigenvalue weighted by Gasteiger charge is 2.23. The minimum Gasteiger partial charge on any atom is -0.342 e. The van der Waals surface area contributed by atoms with Crippen molar-refractivity contribution >= 4 is 17.5 Å². The number of benzene rings is 1. The Kier molecular flexibility index (Phi) is 6.85. The fourth-order valence-electron chi connectivity index (χ4n) is 3.80. The third kappa shape index (κ3) is 5.78. The number of aryl methyl sites for hydroxylation is 2. The van der Waals surface area contributed by atoms with Crippen molar-refractivity contribution in [3.05, 3.63) is 29.3 Å². The molecule has 0 radical (unpaired) electrons. The molecular weight excluding hydrogens is 340 g/mol. The van der Waals surface area contributed by atoms with Gasteiger partial charge in [-0.1, -0.05) is 12.1 Å². The van der Waals surface area contributed by atoms with E-state index in [1.54, 1.807) is 0 Å². The highest BCUT2D eigenvalue weighted by molar-refractivity contribution is 5.93. The number of nitrogens with zero attached hydrogens (tertiary/aromatic N) is 3. The van der Waals surface area contributed by atoms with Gasteiger partial charge in [-0.25, -0.2) is 0 Å². The van der Waals surface area contributed by atoms with Crippen molar-refractivity contribution in [1.82, 2.24) is 14.7 Å². The summed E-state index contributed by atoms with van der Waals surface area (Å²) in [6.45, 7) is 10.1. The van der Waals surface area contributed by atoms with E-state index in [0.717, 1.165) is 68.9 Å². The van der Waals surface area contributed by atoms with E-state index < -0.39 is 0 Å². The second-order valence-corrected chi connectivity index (χ2v) is 7.86. The maximum absolute atomic E-state index is 12.4. The molecule has 1 aromatic carbocycles. The molecule has 3 rings (SSSR count). The molecular formula is C21H32N4O2. The molecule has 2 aliphatic rings. The van der Waals surface area contributed by atoms with Gasteiger partial charge in [0.25, 0.3) is 0 Å². The Morgan fingerprint density at radius 1 is 0.889 bits per heavy atom. The molecule has 6 nitrogen and oxygen atoms in total. The van der Waals surface area contributed by atoms with Crippen LogP contribution < -0.4 is 5.32 Å². The predicted octanol–water partition coefficient (Wildman–Crippen LogP) is 1.87. The van der Waals surface area contributed by atoms with E-state index in [9.17, 15) is 9.59 Å². The van der Waals surface area contributed by atoms with E-state index in [4.69, 9.17) is 0 Å². The van der Waals surface area contributed by atoms with Gasteiger partial charge < -0.3 is 10.2 Å². The smallest absolute Gasteiger partial charge is 0.238 e. The monoisotopic (exact) mass is 372 g/mol. The number of anilines is 1. The third-order valence-corrected chi connectivity index (χ3v) is 5.57. The molecule has 2 aliphatic heterocycles. The summed E-state index contributed by atoms with van der Waals surface area (Å²) >= 11 is 0. The zero-order valence-electron chi connectivity index (χ0n) is 16.7. The van der Waals surface area contributed by atoms with E-state index in [2.05, 4.69) is 21.2 Å². The first kappa shape index (κ1) is 19.8. The summed E-state index contributed by atoms with van der Waals surface area (Å²) in [5.41, 5.74) is 3.11. The Morgan fingerprint density at radius 3 is 2.19 bits per heavy atom. The van der Waals surface area contributed by atoms with Crippen LogP contribution in [-0.2, 0) is 9.59 Å². The minimum absolute atomic E-state index is 0.0292. The van der Waals surface area contributed by atoms with Gasteiger partial charge in [0.05, 0.1) is 13.1 Å². The van der Waals surface area contributed by atoms with Crippen molar-refractivity contribution in [3.63, 3.8) is 0 Å². The maximum Gasteiger partial charge on any atom is 0.238 e. The summed E-state index contributed by atoms with van der Waals surface area (Å²) in [7, 11) is 0. The molecule has 2 fully saturated rings. The molecule has 0 aliphatic carbocycles. The second-order valence-electron chi connectivity index (χ2n) is 7.86. The lowest BCUT2D eigenvalue weighted by Crippen LogP contribution is -2.51. The minimum atomic E-state index is 0.0292. The van der Waals surface area contributed by atoms with Crippen LogP contribution in [0.5, 0.6) is 0 Å². The van der Waals surface area contributed by atoms with Gasteiger partial charge in [0.2, 0.25) is 11.8 Å². The van der Waals surface area contributed by atoms with Crippen LogP contribution in [0.15, 0.2) is 18.2 Å². The van der Waals surface area contributed by atoms with Gasteiger partial charge in [-0.3, -0.25) is 19.4 Å². The fourth-order valence-corrected chi connectivity index (χ4v) is 3.80. The molecule has 0 aromatic heterocycles. The maximum atomic E-state index is 12.4. The van der Waals surface area contributed by atoms with Crippen LogP contribution in [0.25, 0.3) is 0 Å². The van der Waals surface area contributed by atoms with Crippen molar-refractivity contribution in [2.24, 2.45) is 0 Å². The lowest BCUT2D eigenvalue weighted by molar-refractivity contribution is -0.134. The summed E-state index contributed by atoms with van der Waals surface area (Å²) in [6.07, 6.45) is 3.51. The van der Waals surface area contributed by atoms with Crippen LogP contribution >= 0.6 is 0 Å². The summed E-state index contributed by atoms with van der Waals surface area (Å²) < 4.78 is 0. The number of carbonyl (C=O) groups is 2. The summed E-state index contributed by atoms with van der Waals surface area (Å²) in [5.74, 6) is 0.289. The van der Waals surface area contributed by atoms with Gasteiger partial charge in [0, 0.05) is 45.0 Å². The van der Waals surface area contributed by atoms with Crippen molar-refractivity contribution in [3.8, 4) is 0 Å². The summed E-state index contributed by atoms with van der Waals surface area (Å²) in [5, 5.41) is 3.03. The van der Waals surface area contributed by atoms with Crippen molar-refractivity contribution in [2.75, 3.05) is 57.7 Å². The molecule has 1 aromatic rings. The predicted molar refractivity (Wildman–Crippen MR) is 108 cm³/mol. The number of hydrogen-bond acceptors (Lipinski definition) is 4. The van der Waals surface area contributed by atoms with Crippen LogP contribution in [-0.4, -0.2) is 78.9 Å². The molecule has 0 bridgehead atoms. The van der Waals surface area contributed by atoms with Gasteiger partial charge in [0.15, 0.2) is 0 Å². The van der Waals surface area contributed by atoms with Gasteiger partial charge >= 0.3 is 0 Å². The number of hydrogen-bond donors (Lipinski definition) is 1. The topological polar surface area (TPSA) is 55.9 Å². The Morgan fingerprint density at radius 2 is 1.52 bits per heavy atom. The normalized spacial score (nSPS) is 19.1. The van der Waals surface area contributed by atoms with E-state index in [1.165, 1.54) is 6.42 Å². The van der Waals surface area contributed by atoms with Crippen LogP contribution in [0.1, 0.15) is 30.4 Å². The summed E-state index contributed by atoms with van der Waals surface area (Å²) in [4.78, 5) is 31.2. The van der Waals surface area contributed by atoms with E-state index in [-0.39, 0.29) is 11.8 Å². The number of likely N-dealkylation sites (tertiary alicyclic amines) is 1. The standard InChI is InChI=1S/C21H32N4O2/c1-17-6-7-18(2)19(14-17)22-20(26)15-23-10-12-24(13-11-23)16-21(27)25-8-4-3-5-9-25/h6-7,14H,3-5,8-13,15-16H2,1-2H3,(H,22,26). The molecule has 2 heterocycles. The Bertz CT molecular complexity index is 662. The largest absolute Gasteiger partial charge is 0.342 e. The quantitative estimate of drug-likeness (QED) is 0.857. The fraction of sp³-hybridized carbons (Fsp3) is 0.619. The number of amides is 2. The van der Waals surface area contributed by atoms with Crippen LogP contribution in [0.4, 0.5) is 5.69 Å². The van der Waals surface area contributed by atoms with Gasteiger partial charge in [-0.05, 0) is 50.3 Å². The molecule has 1 N–H and O–H groups in total. The van der Waals surface area contributed by atoms with Crippen LogP contribution in [0.3, 0.4) is 0 Å². The number of rotatable bonds is 5. The van der Waals surface area contributed by atoms with Crippen LogP contribution in [0, 0.1) is 13.8 Å². The first-order valence-corrected chi connectivity index (χ1v) is 10.1. The molecule has 0 unspecified atom stereocenters. The van der Waals surface area contributed by atoms with Gasteiger partial charge in [-0.15, -0.1) is 0 Å². The molecule has 0 spiro atoms. The van der Waals surface area contributed by atoms with Crippen LogP contribution in [0.2, 0.25) is 0 Å². The number of piperidine rings is 1. The molecule has 2 saturated heterocycles. The summed E-state index contributed by atoms with van der Waals surface area (Å²) in [6, 6.07) is 6.09. The first-order valence-electron chi connectivity index (χ1n) is 10.1. The zero-order valence-corrected chi connectivity index (χ0v) is 16.7. The van der Waals surface area contributed by atoms with E-state index >= 15 is 0 Å². The van der Waals surface area contributed by atoms with Crippen molar-refractivity contribution < 1.29 is 9.59 Å². The van der Waals surface area contributed by atoms with Gasteiger partial charge in [-0.2, -0.15) is 0 Å². The van der Waals surface area contributed by atoms with Crippen molar-refractivity contribution in [2.45, 2.75) is 33.1 Å². The lowest BCUT2D eigenvalue weighted by Gasteiger charge is -2.35. The average Bonchev–Trinajstić information content (AvgIpc) is 2.67. The zero-order chi connectivity index (χ0) is 19.2. The molecule has 6 heteroatoms. The van der Waals surface area contributed by atoms with Gasteiger partial charge in [0.1, 0.15) is 0 Å². The second kappa shape index (κ2) is 9.33. The van der Waals surface area contributed by atoms with E-state index in [1.807, 2.05) is 30.9 Å². The number of piperazine rings is 1. The molecule has 2 amide bonds. The third-order valence-electron chi connectivity index (χ3n) is 5.57. The Hall–Kier alpha value is -1.92. The Balaban J connectivity index is 1.40. The SMILES string of the molecule is Cc1ccc(C)c(NC(=O)CN2CCN(CC(=O)N3CCCCC3)CC2)c1. The molecule has 0 atom stereocenters.